The number of halogens is 1. The smallest absolute Gasteiger partial charge is 0.410 e. The van der Waals surface area contributed by atoms with Crippen molar-refractivity contribution in [1.29, 1.82) is 0 Å². The predicted octanol–water partition coefficient (Wildman–Crippen LogP) is 2.39. The predicted molar refractivity (Wildman–Crippen MR) is 120 cm³/mol. The zero-order chi connectivity index (χ0) is 22.1. The Morgan fingerprint density at radius 1 is 1.23 bits per heavy atom. The Labute approximate surface area is 190 Å². The van der Waals surface area contributed by atoms with Crippen LogP contribution in [0.15, 0.2) is 30.3 Å². The van der Waals surface area contributed by atoms with Gasteiger partial charge in [0.2, 0.25) is 5.91 Å². The van der Waals surface area contributed by atoms with Gasteiger partial charge in [-0.15, -0.1) is 0 Å². The van der Waals surface area contributed by atoms with Gasteiger partial charge in [0.1, 0.15) is 18.9 Å². The maximum absolute atomic E-state index is 12.7. The summed E-state index contributed by atoms with van der Waals surface area (Å²) in [7, 11) is 0. The number of hydrogen-bond donors (Lipinski definition) is 2. The van der Waals surface area contributed by atoms with Gasteiger partial charge in [-0.1, -0.05) is 44.2 Å². The molecule has 2 rings (SSSR count). The topological polar surface area (TPSA) is 105 Å². The third-order valence-electron chi connectivity index (χ3n) is 4.71. The van der Waals surface area contributed by atoms with Crippen molar-refractivity contribution < 1.29 is 23.9 Å². The molecule has 0 unspecified atom stereocenters. The Hall–Kier alpha value is -2.17. The molecule has 1 aromatic rings. The van der Waals surface area contributed by atoms with E-state index in [0.29, 0.717) is 32.1 Å². The zero-order valence-corrected chi connectivity index (χ0v) is 19.3. The standard InChI is InChI=1S/C21H28IN3O5/c1-14(2)11-16(12-26)23-20(28)18(22)24-19(27)17-9-6-10-25(17)21(29)30-13-15-7-4-3-5-8-15/h3-5,7-8,12,14,16-18H,6,9-11,13H2,1-2H3,(H,23,28)(H,24,27)/t16-,17-,18+/m0/s1. The number of alkyl halides is 1. The Balaban J connectivity index is 1.87. The Kier molecular flexibility index (Phi) is 9.54. The first-order chi connectivity index (χ1) is 14.3. The average molecular weight is 529 g/mol. The van der Waals surface area contributed by atoms with Gasteiger partial charge in [0.25, 0.3) is 5.91 Å². The van der Waals surface area contributed by atoms with Gasteiger partial charge in [0.05, 0.1) is 6.04 Å². The van der Waals surface area contributed by atoms with Crippen LogP contribution in [0.2, 0.25) is 0 Å². The van der Waals surface area contributed by atoms with Crippen LogP contribution in [0.5, 0.6) is 0 Å². The largest absolute Gasteiger partial charge is 0.445 e. The molecule has 0 spiro atoms. The second-order valence-corrected chi connectivity index (χ2v) is 8.89. The summed E-state index contributed by atoms with van der Waals surface area (Å²) in [5, 5.41) is 5.27. The third kappa shape index (κ3) is 7.26. The van der Waals surface area contributed by atoms with Crippen molar-refractivity contribution in [1.82, 2.24) is 15.5 Å². The van der Waals surface area contributed by atoms with Crippen LogP contribution in [-0.4, -0.2) is 51.8 Å². The summed E-state index contributed by atoms with van der Waals surface area (Å²) in [6, 6.07) is 8.02. The number of likely N-dealkylation sites (tertiary alicyclic amines) is 1. The highest BCUT2D eigenvalue weighted by Gasteiger charge is 2.36. The van der Waals surface area contributed by atoms with E-state index in [9.17, 15) is 19.2 Å². The van der Waals surface area contributed by atoms with E-state index in [1.54, 1.807) is 22.6 Å². The van der Waals surface area contributed by atoms with Gasteiger partial charge in [-0.3, -0.25) is 14.5 Å². The molecular weight excluding hydrogens is 501 g/mol. The molecule has 0 bridgehead atoms. The van der Waals surface area contributed by atoms with E-state index >= 15 is 0 Å². The lowest BCUT2D eigenvalue weighted by Gasteiger charge is -2.25. The minimum absolute atomic E-state index is 0.130. The Morgan fingerprint density at radius 2 is 1.93 bits per heavy atom. The molecule has 30 heavy (non-hydrogen) atoms. The molecule has 9 heteroatoms. The van der Waals surface area contributed by atoms with Crippen molar-refractivity contribution in [2.45, 2.75) is 55.8 Å². The molecule has 164 valence electrons. The summed E-state index contributed by atoms with van der Waals surface area (Å²) in [6.45, 7) is 4.46. The summed E-state index contributed by atoms with van der Waals surface area (Å²) in [5.41, 5.74) is 0.862. The van der Waals surface area contributed by atoms with Crippen LogP contribution in [0.1, 0.15) is 38.7 Å². The van der Waals surface area contributed by atoms with E-state index in [1.807, 2.05) is 44.2 Å². The molecule has 0 aliphatic carbocycles. The van der Waals surface area contributed by atoms with Gasteiger partial charge < -0.3 is 20.2 Å². The van der Waals surface area contributed by atoms with E-state index in [0.717, 1.165) is 5.56 Å². The molecule has 1 aromatic carbocycles. The lowest BCUT2D eigenvalue weighted by molar-refractivity contribution is -0.129. The van der Waals surface area contributed by atoms with Gasteiger partial charge in [0, 0.05) is 6.54 Å². The number of benzene rings is 1. The first-order valence-electron chi connectivity index (χ1n) is 9.99. The fourth-order valence-corrected chi connectivity index (χ4v) is 3.75. The van der Waals surface area contributed by atoms with E-state index in [2.05, 4.69) is 10.6 Å². The second-order valence-electron chi connectivity index (χ2n) is 7.64. The highest BCUT2D eigenvalue weighted by molar-refractivity contribution is 14.1. The Morgan fingerprint density at radius 3 is 2.57 bits per heavy atom. The van der Waals surface area contributed by atoms with Crippen LogP contribution in [0.3, 0.4) is 0 Å². The molecule has 2 N–H and O–H groups in total. The molecule has 1 aliphatic heterocycles. The maximum Gasteiger partial charge on any atom is 0.410 e. The summed E-state index contributed by atoms with van der Waals surface area (Å²) in [6.07, 6.45) is 1.85. The monoisotopic (exact) mass is 529 g/mol. The van der Waals surface area contributed by atoms with Gasteiger partial charge in [-0.05, 0) is 53.3 Å². The van der Waals surface area contributed by atoms with Crippen molar-refractivity contribution in [3.63, 3.8) is 0 Å². The minimum Gasteiger partial charge on any atom is -0.445 e. The highest BCUT2D eigenvalue weighted by atomic mass is 127. The van der Waals surface area contributed by atoms with Crippen molar-refractivity contribution in [3.05, 3.63) is 35.9 Å². The van der Waals surface area contributed by atoms with Crippen molar-refractivity contribution >= 4 is 46.8 Å². The molecule has 3 amide bonds. The fourth-order valence-electron chi connectivity index (χ4n) is 3.26. The van der Waals surface area contributed by atoms with E-state index < -0.39 is 34.0 Å². The van der Waals surface area contributed by atoms with Gasteiger partial charge >= 0.3 is 6.09 Å². The van der Waals surface area contributed by atoms with Crippen LogP contribution in [0.4, 0.5) is 4.79 Å². The van der Waals surface area contributed by atoms with Crippen LogP contribution < -0.4 is 10.6 Å². The summed E-state index contributed by atoms with van der Waals surface area (Å²) in [5.74, 6) is -0.611. The van der Waals surface area contributed by atoms with Crippen molar-refractivity contribution in [2.24, 2.45) is 5.92 Å². The van der Waals surface area contributed by atoms with Gasteiger partial charge in [-0.25, -0.2) is 4.79 Å². The molecule has 3 atom stereocenters. The van der Waals surface area contributed by atoms with Crippen LogP contribution in [-0.2, 0) is 25.7 Å². The molecule has 1 saturated heterocycles. The van der Waals surface area contributed by atoms with Gasteiger partial charge in [0.15, 0.2) is 4.05 Å². The van der Waals surface area contributed by atoms with Crippen molar-refractivity contribution in [3.8, 4) is 0 Å². The summed E-state index contributed by atoms with van der Waals surface area (Å²) < 4.78 is 4.48. The summed E-state index contributed by atoms with van der Waals surface area (Å²) >= 11 is 1.81. The quantitative estimate of drug-likeness (QED) is 0.221. The second kappa shape index (κ2) is 11.9. The number of aldehydes is 1. The van der Waals surface area contributed by atoms with Gasteiger partial charge in [-0.2, -0.15) is 0 Å². The van der Waals surface area contributed by atoms with E-state index in [4.69, 9.17) is 4.74 Å². The zero-order valence-electron chi connectivity index (χ0n) is 17.2. The Bertz CT molecular complexity index is 743. The lowest BCUT2D eigenvalue weighted by Crippen LogP contribution is -2.52. The molecule has 1 fully saturated rings. The molecule has 1 heterocycles. The molecule has 0 saturated carbocycles. The minimum atomic E-state index is -0.854. The number of hydrogen-bond acceptors (Lipinski definition) is 5. The van der Waals surface area contributed by atoms with Crippen LogP contribution >= 0.6 is 22.6 Å². The molecular formula is C21H28IN3O5. The normalized spacial score (nSPS) is 17.9. The number of carbonyl (C=O) groups is 4. The molecule has 1 aliphatic rings. The van der Waals surface area contributed by atoms with Crippen LogP contribution in [0.25, 0.3) is 0 Å². The summed E-state index contributed by atoms with van der Waals surface area (Å²) in [4.78, 5) is 50.0. The molecule has 0 aromatic heterocycles. The van der Waals surface area contributed by atoms with Crippen LogP contribution in [0, 0.1) is 5.92 Å². The maximum atomic E-state index is 12.7. The average Bonchev–Trinajstić information content (AvgIpc) is 3.22. The number of carbonyl (C=O) groups excluding carboxylic acids is 4. The van der Waals surface area contributed by atoms with E-state index in [-0.39, 0.29) is 12.5 Å². The fraction of sp³-hybridized carbons (Fsp3) is 0.524. The number of nitrogens with zero attached hydrogens (tertiary/aromatic N) is 1. The molecule has 0 radical (unpaired) electrons. The highest BCUT2D eigenvalue weighted by Crippen LogP contribution is 2.19. The number of nitrogens with one attached hydrogen (secondary N) is 2. The molecule has 8 nitrogen and oxygen atoms in total. The lowest BCUT2D eigenvalue weighted by atomic mass is 10.1. The third-order valence-corrected chi connectivity index (χ3v) is 5.59. The van der Waals surface area contributed by atoms with Crippen molar-refractivity contribution in [2.75, 3.05) is 6.54 Å². The first-order valence-corrected chi connectivity index (χ1v) is 11.2. The number of ether oxygens (including phenoxy) is 1. The first kappa shape index (κ1) is 24.1. The van der Waals surface area contributed by atoms with E-state index in [1.165, 1.54) is 4.90 Å². The number of rotatable bonds is 9. The SMILES string of the molecule is CC(C)C[C@@H](C=O)NC(=O)[C@H](I)NC(=O)[C@@H]1CCCN1C(=O)OCc1ccccc1. The number of amides is 3.